The average molecular weight is 988 g/mol. The second-order valence-corrected chi connectivity index (χ2v) is 19.7. The Kier molecular flexibility index (Phi) is 44.9. The first-order chi connectivity index (χ1) is 34.2. The molecule has 0 fully saturated rings. The predicted octanol–water partition coefficient (Wildman–Crippen LogP) is 17.9. The molecule has 404 valence electrons. The third-order valence-electron chi connectivity index (χ3n) is 13.1. The van der Waals surface area contributed by atoms with Gasteiger partial charge in [-0.15, -0.1) is 0 Å². The standard InChI is InChI=1S/C58H101NO11/c1-3-5-7-9-11-13-15-18-23-27-31-35-39-43-55(61)69-57(70-56(62)44-40-36-32-28-24-19-16-14-12-10-8-6-4-2)49-51-66-54(60)42-38-34-30-26-22-20-17-21-25-29-33-37-41-50-67-58(63)68-53-47-45-52(46-48-53)59(64)65/h45-48,57H,3-44,49-51H2,1-2H3. The van der Waals surface area contributed by atoms with E-state index in [-0.39, 0.29) is 49.0 Å². The molecule has 0 aliphatic carbocycles. The normalized spacial score (nSPS) is 11.2. The molecule has 1 aromatic carbocycles. The predicted molar refractivity (Wildman–Crippen MR) is 282 cm³/mol. The highest BCUT2D eigenvalue weighted by Gasteiger charge is 2.20. The first-order valence-corrected chi connectivity index (χ1v) is 28.9. The van der Waals surface area contributed by atoms with Crippen molar-refractivity contribution in [3.8, 4) is 5.75 Å². The smallest absolute Gasteiger partial charge is 0.465 e. The Hall–Kier alpha value is -3.70. The van der Waals surface area contributed by atoms with Crippen molar-refractivity contribution < 1.29 is 47.8 Å². The van der Waals surface area contributed by atoms with E-state index >= 15 is 0 Å². The van der Waals surface area contributed by atoms with E-state index in [0.29, 0.717) is 19.3 Å². The summed E-state index contributed by atoms with van der Waals surface area (Å²) in [5, 5.41) is 10.7. The van der Waals surface area contributed by atoms with Crippen LogP contribution in [0.3, 0.4) is 0 Å². The van der Waals surface area contributed by atoms with Crippen molar-refractivity contribution in [1.82, 2.24) is 0 Å². The van der Waals surface area contributed by atoms with Gasteiger partial charge < -0.3 is 23.7 Å². The van der Waals surface area contributed by atoms with E-state index in [1.54, 1.807) is 0 Å². The molecule has 0 aliphatic heterocycles. The number of nitro groups is 1. The van der Waals surface area contributed by atoms with Gasteiger partial charge in [0.05, 0.1) is 24.6 Å². The second kappa shape index (κ2) is 48.9. The van der Waals surface area contributed by atoms with Crippen molar-refractivity contribution in [2.45, 2.75) is 296 Å². The summed E-state index contributed by atoms with van der Waals surface area (Å²) in [6.45, 7) is 4.84. The van der Waals surface area contributed by atoms with Gasteiger partial charge >= 0.3 is 24.1 Å². The largest absolute Gasteiger partial charge is 0.513 e. The number of non-ortho nitro benzene ring substituents is 1. The van der Waals surface area contributed by atoms with Crippen LogP contribution in [0.15, 0.2) is 24.3 Å². The Labute approximate surface area is 425 Å². The number of hydrogen-bond acceptors (Lipinski definition) is 11. The highest BCUT2D eigenvalue weighted by molar-refractivity contribution is 5.71. The van der Waals surface area contributed by atoms with Crippen LogP contribution in [0.4, 0.5) is 10.5 Å². The summed E-state index contributed by atoms with van der Waals surface area (Å²) < 4.78 is 26.9. The molecule has 0 aliphatic rings. The number of hydrogen-bond donors (Lipinski definition) is 0. The second-order valence-electron chi connectivity index (χ2n) is 19.7. The van der Waals surface area contributed by atoms with Gasteiger partial charge in [0.2, 0.25) is 0 Å². The van der Waals surface area contributed by atoms with Crippen LogP contribution in [0.25, 0.3) is 0 Å². The molecule has 0 N–H and O–H groups in total. The van der Waals surface area contributed by atoms with Crippen LogP contribution in [0, 0.1) is 10.1 Å². The molecule has 70 heavy (non-hydrogen) atoms. The summed E-state index contributed by atoms with van der Waals surface area (Å²) in [5.41, 5.74) is -0.0721. The first-order valence-electron chi connectivity index (χ1n) is 28.9. The van der Waals surface area contributed by atoms with Crippen LogP contribution < -0.4 is 4.74 Å². The van der Waals surface area contributed by atoms with Gasteiger partial charge in [0.1, 0.15) is 5.75 Å². The first kappa shape index (κ1) is 64.3. The number of nitro benzene ring substituents is 1. The molecule has 0 saturated heterocycles. The van der Waals surface area contributed by atoms with Crippen LogP contribution >= 0.6 is 0 Å². The minimum absolute atomic E-state index is 0.0418. The number of benzene rings is 1. The molecular weight excluding hydrogens is 887 g/mol. The number of carbonyl (C=O) groups is 4. The number of nitrogens with zero attached hydrogens (tertiary/aromatic N) is 1. The van der Waals surface area contributed by atoms with Crippen molar-refractivity contribution in [1.29, 1.82) is 0 Å². The van der Waals surface area contributed by atoms with Gasteiger partial charge in [-0.3, -0.25) is 24.5 Å². The molecule has 1 rings (SSSR count). The topological polar surface area (TPSA) is 158 Å². The molecule has 0 aromatic heterocycles. The van der Waals surface area contributed by atoms with E-state index in [9.17, 15) is 29.3 Å². The molecule has 0 saturated carbocycles. The fourth-order valence-corrected chi connectivity index (χ4v) is 8.70. The maximum absolute atomic E-state index is 12.8. The van der Waals surface area contributed by atoms with Gasteiger partial charge in [-0.2, -0.15) is 0 Å². The van der Waals surface area contributed by atoms with Crippen molar-refractivity contribution in [3.63, 3.8) is 0 Å². The number of unbranched alkanes of at least 4 members (excludes halogenated alkanes) is 36. The summed E-state index contributed by atoms with van der Waals surface area (Å²) in [6, 6.07) is 5.28. The van der Waals surface area contributed by atoms with E-state index in [1.165, 1.54) is 185 Å². The lowest BCUT2D eigenvalue weighted by Gasteiger charge is -2.18. The summed E-state index contributed by atoms with van der Waals surface area (Å²) in [4.78, 5) is 60.2. The van der Waals surface area contributed by atoms with E-state index in [0.717, 1.165) is 89.9 Å². The molecule has 0 atom stereocenters. The Balaban J connectivity index is 2.18. The van der Waals surface area contributed by atoms with Gasteiger partial charge in [-0.05, 0) is 37.8 Å². The summed E-state index contributed by atoms with van der Waals surface area (Å²) in [7, 11) is 0. The highest BCUT2D eigenvalue weighted by atomic mass is 16.7. The maximum Gasteiger partial charge on any atom is 0.513 e. The number of ether oxygens (including phenoxy) is 5. The Morgan fingerprint density at radius 2 is 0.729 bits per heavy atom. The Bertz CT molecular complexity index is 1360. The zero-order valence-corrected chi connectivity index (χ0v) is 44.6. The quantitative estimate of drug-likeness (QED) is 0.0116. The summed E-state index contributed by atoms with van der Waals surface area (Å²) >= 11 is 0. The van der Waals surface area contributed by atoms with Crippen LogP contribution in [-0.4, -0.2) is 48.5 Å². The zero-order valence-electron chi connectivity index (χ0n) is 44.6. The number of esters is 3. The molecule has 1 aromatic rings. The lowest BCUT2D eigenvalue weighted by Crippen LogP contribution is -2.26. The van der Waals surface area contributed by atoms with Crippen molar-refractivity contribution in [2.24, 2.45) is 0 Å². The van der Waals surface area contributed by atoms with Gasteiger partial charge in [0.15, 0.2) is 0 Å². The van der Waals surface area contributed by atoms with Gasteiger partial charge in [-0.25, -0.2) is 4.79 Å². The van der Waals surface area contributed by atoms with Crippen LogP contribution in [0.1, 0.15) is 290 Å². The molecule has 0 radical (unpaired) electrons. The van der Waals surface area contributed by atoms with Crippen LogP contribution in [-0.2, 0) is 33.3 Å². The van der Waals surface area contributed by atoms with Crippen molar-refractivity contribution in [3.05, 3.63) is 34.4 Å². The summed E-state index contributed by atoms with van der Waals surface area (Å²) in [5.74, 6) is -0.796. The van der Waals surface area contributed by atoms with E-state index in [2.05, 4.69) is 13.8 Å². The third-order valence-corrected chi connectivity index (χ3v) is 13.1. The molecule has 0 spiro atoms. The fourth-order valence-electron chi connectivity index (χ4n) is 8.70. The minimum Gasteiger partial charge on any atom is -0.465 e. The molecule has 12 nitrogen and oxygen atoms in total. The van der Waals surface area contributed by atoms with E-state index in [1.807, 2.05) is 0 Å². The number of rotatable bonds is 51. The van der Waals surface area contributed by atoms with Gasteiger partial charge in [-0.1, -0.05) is 239 Å². The third kappa shape index (κ3) is 43.1. The fraction of sp³-hybridized carbons (Fsp3) is 0.828. The maximum atomic E-state index is 12.8. The molecule has 12 heteroatoms. The molecule has 0 amide bonds. The van der Waals surface area contributed by atoms with E-state index < -0.39 is 17.4 Å². The van der Waals surface area contributed by atoms with Crippen molar-refractivity contribution in [2.75, 3.05) is 13.2 Å². The Morgan fingerprint density at radius 1 is 0.414 bits per heavy atom. The molecule has 0 bridgehead atoms. The number of carbonyl (C=O) groups excluding carboxylic acids is 4. The Morgan fingerprint density at radius 3 is 1.07 bits per heavy atom. The van der Waals surface area contributed by atoms with Crippen LogP contribution in [0.2, 0.25) is 0 Å². The van der Waals surface area contributed by atoms with Gasteiger partial charge in [0, 0.05) is 31.4 Å². The summed E-state index contributed by atoms with van der Waals surface area (Å²) in [6.07, 6.45) is 45.2. The SMILES string of the molecule is CCCCCCCCCCCCCCCC(=O)OC(CCOC(=O)CCCCCCCCCCCCCCCOC(=O)Oc1ccc([N+](=O)[O-])cc1)OC(=O)CCCCCCCCCCCCCCC. The van der Waals surface area contributed by atoms with Crippen molar-refractivity contribution >= 4 is 29.8 Å². The molecule has 0 unspecified atom stereocenters. The molecular formula is C58H101NO11. The lowest BCUT2D eigenvalue weighted by molar-refractivity contribution is -0.384. The minimum atomic E-state index is -1.04. The molecule has 0 heterocycles. The average Bonchev–Trinajstić information content (AvgIpc) is 3.34. The monoisotopic (exact) mass is 988 g/mol. The van der Waals surface area contributed by atoms with E-state index in [4.69, 9.17) is 23.7 Å². The van der Waals surface area contributed by atoms with Crippen LogP contribution in [0.5, 0.6) is 5.75 Å². The zero-order chi connectivity index (χ0) is 50.8. The highest BCUT2D eigenvalue weighted by Crippen LogP contribution is 2.20. The van der Waals surface area contributed by atoms with Gasteiger partial charge in [0.25, 0.3) is 12.0 Å². The lowest BCUT2D eigenvalue weighted by atomic mass is 10.0.